The first-order valence-electron chi connectivity index (χ1n) is 9.25. The molecule has 0 aliphatic carbocycles. The zero-order valence-electron chi connectivity index (χ0n) is 15.8. The second-order valence-corrected chi connectivity index (χ2v) is 7.91. The van der Waals surface area contributed by atoms with Crippen molar-refractivity contribution in [2.45, 2.75) is 39.8 Å². The van der Waals surface area contributed by atoms with E-state index < -0.39 is 0 Å². The van der Waals surface area contributed by atoms with Gasteiger partial charge in [-0.1, -0.05) is 42.4 Å². The number of thioether (sulfide) groups is 1. The molecule has 0 N–H and O–H groups in total. The Morgan fingerprint density at radius 3 is 2.62 bits per heavy atom. The van der Waals surface area contributed by atoms with E-state index in [1.165, 1.54) is 0 Å². The van der Waals surface area contributed by atoms with E-state index in [-0.39, 0.29) is 11.9 Å². The number of carbonyl (C=O) groups excluding carboxylic acids is 1. The summed E-state index contributed by atoms with van der Waals surface area (Å²) < 4.78 is 5.81. The molecule has 6 heteroatoms. The molecular weight excluding hydrogens is 346 g/mol. The van der Waals surface area contributed by atoms with Crippen LogP contribution in [0, 0.1) is 0 Å². The molecule has 1 saturated heterocycles. The zero-order valence-corrected chi connectivity index (χ0v) is 16.6. The molecule has 1 aromatic carbocycles. The summed E-state index contributed by atoms with van der Waals surface area (Å²) in [4.78, 5) is 16.4. The molecule has 0 spiro atoms. The lowest BCUT2D eigenvalue weighted by Gasteiger charge is -2.30. The highest BCUT2D eigenvalue weighted by atomic mass is 32.2. The maximum atomic E-state index is 12.3. The van der Waals surface area contributed by atoms with E-state index in [1.807, 2.05) is 47.0 Å². The van der Waals surface area contributed by atoms with E-state index >= 15 is 0 Å². The Labute approximate surface area is 159 Å². The normalized spacial score (nSPS) is 15.7. The predicted molar refractivity (Wildman–Crippen MR) is 107 cm³/mol. The fourth-order valence-electron chi connectivity index (χ4n) is 3.25. The Bertz CT molecular complexity index is 726. The van der Waals surface area contributed by atoms with Crippen LogP contribution in [0.2, 0.25) is 0 Å². The summed E-state index contributed by atoms with van der Waals surface area (Å²) in [5, 5.41) is 4.40. The maximum absolute atomic E-state index is 12.3. The lowest BCUT2D eigenvalue weighted by Crippen LogP contribution is -2.37. The smallest absolute Gasteiger partial charge is 0.232 e. The Kier molecular flexibility index (Phi) is 6.25. The molecule has 140 valence electrons. The van der Waals surface area contributed by atoms with Crippen LogP contribution in [0.15, 0.2) is 34.9 Å². The van der Waals surface area contributed by atoms with Crippen molar-refractivity contribution in [3.8, 4) is 11.3 Å². The van der Waals surface area contributed by atoms with Gasteiger partial charge in [-0.05, 0) is 13.3 Å². The van der Waals surface area contributed by atoms with E-state index in [9.17, 15) is 4.79 Å². The lowest BCUT2D eigenvalue weighted by atomic mass is 10.1. The van der Waals surface area contributed by atoms with E-state index in [2.05, 4.69) is 23.9 Å². The largest absolute Gasteiger partial charge is 0.339 e. The molecule has 1 aliphatic rings. The minimum absolute atomic E-state index is 0.0831. The van der Waals surface area contributed by atoms with Crippen LogP contribution in [0.4, 0.5) is 5.88 Å². The highest BCUT2D eigenvalue weighted by Gasteiger charge is 2.27. The second-order valence-electron chi connectivity index (χ2n) is 6.68. The summed E-state index contributed by atoms with van der Waals surface area (Å²) in [6.07, 6.45) is 0.918. The number of hydrogen-bond donors (Lipinski definition) is 0. The Hall–Kier alpha value is -1.95. The van der Waals surface area contributed by atoms with Crippen LogP contribution < -0.4 is 4.90 Å². The summed E-state index contributed by atoms with van der Waals surface area (Å²) in [5.74, 6) is 3.07. The molecule has 5 nitrogen and oxygen atoms in total. The monoisotopic (exact) mass is 373 g/mol. The van der Waals surface area contributed by atoms with Gasteiger partial charge < -0.3 is 14.3 Å². The van der Waals surface area contributed by atoms with E-state index in [1.54, 1.807) is 6.92 Å². The highest BCUT2D eigenvalue weighted by Crippen LogP contribution is 2.34. The number of nitrogens with zero attached hydrogens (tertiary/aromatic N) is 3. The van der Waals surface area contributed by atoms with Gasteiger partial charge in [-0.25, -0.2) is 0 Å². The first-order chi connectivity index (χ1) is 12.6. The molecule has 3 rings (SSSR count). The van der Waals surface area contributed by atoms with Gasteiger partial charge in [0, 0.05) is 43.1 Å². The topological polar surface area (TPSA) is 49.6 Å². The zero-order chi connectivity index (χ0) is 18.5. The molecule has 0 bridgehead atoms. The van der Waals surface area contributed by atoms with Crippen LogP contribution in [-0.2, 0) is 11.3 Å². The molecular formula is C20H27N3O2S. The van der Waals surface area contributed by atoms with Crippen molar-refractivity contribution in [1.82, 2.24) is 10.1 Å². The van der Waals surface area contributed by atoms with E-state index in [0.717, 1.165) is 53.7 Å². The number of aromatic nitrogens is 1. The molecule has 1 aromatic heterocycles. The molecule has 1 unspecified atom stereocenters. The minimum atomic E-state index is 0.0831. The van der Waals surface area contributed by atoms with Crippen molar-refractivity contribution in [1.29, 1.82) is 0 Å². The summed E-state index contributed by atoms with van der Waals surface area (Å²) >= 11 is 1.96. The van der Waals surface area contributed by atoms with Crippen molar-refractivity contribution in [2.24, 2.45) is 0 Å². The molecule has 2 aromatic rings. The second kappa shape index (κ2) is 8.62. The average Bonchev–Trinajstić information content (AvgIpc) is 3.10. The molecule has 0 radical (unpaired) electrons. The summed E-state index contributed by atoms with van der Waals surface area (Å²) in [6.45, 7) is 8.26. The third kappa shape index (κ3) is 4.06. The minimum Gasteiger partial charge on any atom is -0.339 e. The number of rotatable bonds is 6. The Balaban J connectivity index is 2.01. The van der Waals surface area contributed by atoms with Crippen LogP contribution in [0.5, 0.6) is 0 Å². The van der Waals surface area contributed by atoms with Gasteiger partial charge in [0.2, 0.25) is 11.8 Å². The van der Waals surface area contributed by atoms with Gasteiger partial charge in [0.15, 0.2) is 0 Å². The van der Waals surface area contributed by atoms with Gasteiger partial charge in [-0.15, -0.1) is 0 Å². The van der Waals surface area contributed by atoms with Gasteiger partial charge in [0.05, 0.1) is 12.1 Å². The third-order valence-electron chi connectivity index (χ3n) is 4.97. The number of hydrogen-bond acceptors (Lipinski definition) is 5. The quantitative estimate of drug-likeness (QED) is 0.765. The molecule has 0 saturated carbocycles. The van der Waals surface area contributed by atoms with Crippen molar-refractivity contribution in [3.05, 3.63) is 35.9 Å². The number of anilines is 1. The highest BCUT2D eigenvalue weighted by molar-refractivity contribution is 7.99. The third-order valence-corrected chi connectivity index (χ3v) is 5.91. The standard InChI is InChI=1S/C20H27N3O2S/c1-4-15(2)23(16(3)24)14-18-19(17-8-6-5-7-9-17)21-25-20(18)22-10-12-26-13-11-22/h5-9,15H,4,10-14H2,1-3H3. The molecule has 1 atom stereocenters. The molecule has 2 heterocycles. The van der Waals surface area contributed by atoms with Crippen LogP contribution in [0.25, 0.3) is 11.3 Å². The van der Waals surface area contributed by atoms with Crippen LogP contribution in [0.3, 0.4) is 0 Å². The SMILES string of the molecule is CCC(C)N(Cc1c(-c2ccccc2)noc1N1CCSCC1)C(C)=O. The van der Waals surface area contributed by atoms with Crippen molar-refractivity contribution in [2.75, 3.05) is 29.5 Å². The van der Waals surface area contributed by atoms with Crippen LogP contribution in [0.1, 0.15) is 32.8 Å². The fourth-order valence-corrected chi connectivity index (χ4v) is 4.15. The molecule has 26 heavy (non-hydrogen) atoms. The number of carbonyl (C=O) groups is 1. The summed E-state index contributed by atoms with van der Waals surface area (Å²) in [6, 6.07) is 10.3. The fraction of sp³-hybridized carbons (Fsp3) is 0.500. The number of benzene rings is 1. The Morgan fingerprint density at radius 1 is 1.31 bits per heavy atom. The van der Waals surface area contributed by atoms with Crippen LogP contribution >= 0.6 is 11.8 Å². The first-order valence-corrected chi connectivity index (χ1v) is 10.4. The molecule has 1 aliphatic heterocycles. The van der Waals surface area contributed by atoms with Gasteiger partial charge in [-0.2, -0.15) is 11.8 Å². The van der Waals surface area contributed by atoms with Crippen molar-refractivity contribution >= 4 is 23.6 Å². The van der Waals surface area contributed by atoms with Crippen molar-refractivity contribution < 1.29 is 9.32 Å². The van der Waals surface area contributed by atoms with E-state index in [4.69, 9.17) is 4.52 Å². The van der Waals surface area contributed by atoms with Crippen LogP contribution in [-0.4, -0.2) is 46.6 Å². The van der Waals surface area contributed by atoms with Gasteiger partial charge in [0.25, 0.3) is 0 Å². The Morgan fingerprint density at radius 2 is 2.00 bits per heavy atom. The predicted octanol–water partition coefficient (Wildman–Crippen LogP) is 4.04. The van der Waals surface area contributed by atoms with Crippen molar-refractivity contribution in [3.63, 3.8) is 0 Å². The summed E-state index contributed by atoms with van der Waals surface area (Å²) in [7, 11) is 0. The lowest BCUT2D eigenvalue weighted by molar-refractivity contribution is -0.131. The van der Waals surface area contributed by atoms with Gasteiger partial charge in [0.1, 0.15) is 5.69 Å². The average molecular weight is 374 g/mol. The summed E-state index contributed by atoms with van der Waals surface area (Å²) in [5.41, 5.74) is 2.88. The number of amides is 1. The van der Waals surface area contributed by atoms with Gasteiger partial charge in [-0.3, -0.25) is 4.79 Å². The molecule has 1 amide bonds. The molecule has 1 fully saturated rings. The first kappa shape index (κ1) is 18.8. The van der Waals surface area contributed by atoms with E-state index in [0.29, 0.717) is 6.54 Å². The van der Waals surface area contributed by atoms with Gasteiger partial charge >= 0.3 is 0 Å². The maximum Gasteiger partial charge on any atom is 0.232 e.